The van der Waals surface area contributed by atoms with Crippen LogP contribution >= 0.6 is 0 Å². The number of aliphatic hydroxyl groups excluding tert-OH is 1. The number of hydrogen-bond acceptors (Lipinski definition) is 3. The number of ether oxygens (including phenoxy) is 1. The molecule has 3 heterocycles. The van der Waals surface area contributed by atoms with Crippen molar-refractivity contribution in [3.8, 4) is 0 Å². The van der Waals surface area contributed by atoms with Gasteiger partial charge in [0.05, 0.1) is 12.3 Å². The van der Waals surface area contributed by atoms with Gasteiger partial charge in [-0.1, -0.05) is 0 Å². The first-order valence-corrected chi connectivity index (χ1v) is 6.61. The van der Waals surface area contributed by atoms with E-state index in [1.807, 2.05) is 0 Å². The Bertz CT molecular complexity index is 383. The van der Waals surface area contributed by atoms with Gasteiger partial charge in [0, 0.05) is 38.3 Å². The van der Waals surface area contributed by atoms with E-state index < -0.39 is 0 Å². The third kappa shape index (κ3) is 2.24. The molecule has 0 bridgehead atoms. The zero-order valence-corrected chi connectivity index (χ0v) is 10.1. The number of rotatable bonds is 2. The number of hydrogen-bond donors (Lipinski definition) is 1. The Balaban J connectivity index is 1.77. The Morgan fingerprint density at radius 2 is 2.41 bits per heavy atom. The molecule has 0 spiro atoms. The molecule has 4 nitrogen and oxygen atoms in total. The lowest BCUT2D eigenvalue weighted by molar-refractivity contribution is 0.0794. The summed E-state index contributed by atoms with van der Waals surface area (Å²) in [6.07, 6.45) is 6.53. The summed E-state index contributed by atoms with van der Waals surface area (Å²) in [5.41, 5.74) is 1.19. The Hall–Kier alpha value is -0.870. The van der Waals surface area contributed by atoms with Gasteiger partial charge in [-0.05, 0) is 25.2 Å². The second-order valence-corrected chi connectivity index (χ2v) is 5.23. The van der Waals surface area contributed by atoms with Crippen molar-refractivity contribution >= 4 is 0 Å². The first-order chi connectivity index (χ1) is 8.36. The fourth-order valence-electron chi connectivity index (χ4n) is 2.84. The zero-order valence-electron chi connectivity index (χ0n) is 10.1. The van der Waals surface area contributed by atoms with Crippen molar-refractivity contribution in [2.24, 2.45) is 5.92 Å². The Labute approximate surface area is 102 Å². The minimum absolute atomic E-state index is 0.286. The molecule has 17 heavy (non-hydrogen) atoms. The van der Waals surface area contributed by atoms with E-state index >= 15 is 0 Å². The van der Waals surface area contributed by atoms with Crippen molar-refractivity contribution in [3.05, 3.63) is 17.7 Å². The van der Waals surface area contributed by atoms with Gasteiger partial charge in [-0.15, -0.1) is 0 Å². The van der Waals surface area contributed by atoms with Gasteiger partial charge in [0.15, 0.2) is 0 Å². The van der Waals surface area contributed by atoms with Crippen LogP contribution in [0, 0.1) is 5.92 Å². The number of aromatic nitrogens is 2. The van der Waals surface area contributed by atoms with Gasteiger partial charge in [0.2, 0.25) is 0 Å². The van der Waals surface area contributed by atoms with Crippen molar-refractivity contribution < 1.29 is 9.84 Å². The number of aryl methyl sites for hydroxylation is 1. The number of imidazole rings is 1. The second-order valence-electron chi connectivity index (χ2n) is 5.23. The van der Waals surface area contributed by atoms with Crippen molar-refractivity contribution in [1.29, 1.82) is 0 Å². The lowest BCUT2D eigenvalue weighted by Crippen LogP contribution is -2.21. The fraction of sp³-hybridized carbons (Fsp3) is 0.769. The van der Waals surface area contributed by atoms with E-state index in [-0.39, 0.29) is 6.61 Å². The van der Waals surface area contributed by atoms with E-state index in [9.17, 15) is 5.11 Å². The van der Waals surface area contributed by atoms with Crippen molar-refractivity contribution in [2.45, 2.75) is 38.1 Å². The van der Waals surface area contributed by atoms with Gasteiger partial charge in [0.25, 0.3) is 0 Å². The standard InChI is InChI=1S/C13H20N2O2/c16-8-10-3-4-15-7-12(14-13(15)6-10)11-2-1-5-17-9-11/h7,10-11,16H,1-6,8-9H2. The highest BCUT2D eigenvalue weighted by molar-refractivity contribution is 5.12. The number of aliphatic hydroxyl groups is 1. The van der Waals surface area contributed by atoms with Gasteiger partial charge >= 0.3 is 0 Å². The summed E-state index contributed by atoms with van der Waals surface area (Å²) >= 11 is 0. The molecule has 0 aliphatic carbocycles. The third-order valence-corrected chi connectivity index (χ3v) is 3.96. The molecule has 2 aliphatic rings. The number of nitrogens with zero attached hydrogens (tertiary/aromatic N) is 2. The molecule has 3 rings (SSSR count). The van der Waals surface area contributed by atoms with Gasteiger partial charge in [-0.25, -0.2) is 4.98 Å². The van der Waals surface area contributed by atoms with Crippen LogP contribution in [0.15, 0.2) is 6.20 Å². The van der Waals surface area contributed by atoms with Crippen LogP contribution in [0.5, 0.6) is 0 Å². The maximum absolute atomic E-state index is 9.22. The minimum Gasteiger partial charge on any atom is -0.396 e. The first kappa shape index (κ1) is 11.2. The lowest BCUT2D eigenvalue weighted by atomic mass is 9.99. The van der Waals surface area contributed by atoms with Gasteiger partial charge in [-0.2, -0.15) is 0 Å². The Morgan fingerprint density at radius 3 is 3.18 bits per heavy atom. The molecule has 1 saturated heterocycles. The molecule has 0 amide bonds. The lowest BCUT2D eigenvalue weighted by Gasteiger charge is -2.20. The minimum atomic E-state index is 0.286. The van der Waals surface area contributed by atoms with Crippen LogP contribution in [0.3, 0.4) is 0 Å². The largest absolute Gasteiger partial charge is 0.396 e. The van der Waals surface area contributed by atoms with Crippen LogP contribution in [0.4, 0.5) is 0 Å². The highest BCUT2D eigenvalue weighted by atomic mass is 16.5. The average Bonchev–Trinajstić information content (AvgIpc) is 2.82. The molecule has 1 aromatic heterocycles. The maximum Gasteiger partial charge on any atom is 0.109 e. The average molecular weight is 236 g/mol. The van der Waals surface area contributed by atoms with E-state index in [1.54, 1.807) is 0 Å². The Kier molecular flexibility index (Phi) is 3.16. The van der Waals surface area contributed by atoms with Crippen LogP contribution in [0.1, 0.15) is 36.7 Å². The topological polar surface area (TPSA) is 47.3 Å². The van der Waals surface area contributed by atoms with Crippen molar-refractivity contribution in [3.63, 3.8) is 0 Å². The molecule has 4 heteroatoms. The van der Waals surface area contributed by atoms with E-state index in [2.05, 4.69) is 10.8 Å². The molecule has 0 radical (unpaired) electrons. The molecule has 2 atom stereocenters. The predicted octanol–water partition coefficient (Wildman–Crippen LogP) is 1.33. The fourth-order valence-corrected chi connectivity index (χ4v) is 2.84. The molecule has 2 unspecified atom stereocenters. The summed E-state index contributed by atoms with van der Waals surface area (Å²) in [4.78, 5) is 4.74. The first-order valence-electron chi connectivity index (χ1n) is 6.61. The molecule has 0 saturated carbocycles. The quantitative estimate of drug-likeness (QED) is 0.842. The molecule has 2 aliphatic heterocycles. The zero-order chi connectivity index (χ0) is 11.7. The summed E-state index contributed by atoms with van der Waals surface area (Å²) in [6.45, 7) is 3.01. The molecular formula is C13H20N2O2. The van der Waals surface area contributed by atoms with Crippen LogP contribution < -0.4 is 0 Å². The third-order valence-electron chi connectivity index (χ3n) is 3.96. The molecule has 1 N–H and O–H groups in total. The smallest absolute Gasteiger partial charge is 0.109 e. The van der Waals surface area contributed by atoms with Crippen molar-refractivity contribution in [2.75, 3.05) is 19.8 Å². The molecule has 1 fully saturated rings. The Morgan fingerprint density at radius 1 is 1.47 bits per heavy atom. The maximum atomic E-state index is 9.22. The molecular weight excluding hydrogens is 216 g/mol. The van der Waals surface area contributed by atoms with Crippen LogP contribution in [0.2, 0.25) is 0 Å². The summed E-state index contributed by atoms with van der Waals surface area (Å²) in [5, 5.41) is 9.22. The van der Waals surface area contributed by atoms with E-state index in [0.29, 0.717) is 11.8 Å². The highest BCUT2D eigenvalue weighted by Gasteiger charge is 2.24. The summed E-state index contributed by atoms with van der Waals surface area (Å²) in [5.74, 6) is 2.03. The normalized spacial score (nSPS) is 29.0. The summed E-state index contributed by atoms with van der Waals surface area (Å²) in [6, 6.07) is 0. The predicted molar refractivity (Wildman–Crippen MR) is 63.9 cm³/mol. The monoisotopic (exact) mass is 236 g/mol. The molecule has 0 aromatic carbocycles. The number of fused-ring (bicyclic) bond motifs is 1. The van der Waals surface area contributed by atoms with Crippen LogP contribution in [0.25, 0.3) is 0 Å². The van der Waals surface area contributed by atoms with Crippen molar-refractivity contribution in [1.82, 2.24) is 9.55 Å². The summed E-state index contributed by atoms with van der Waals surface area (Å²) in [7, 11) is 0. The highest BCUT2D eigenvalue weighted by Crippen LogP contribution is 2.27. The van der Waals surface area contributed by atoms with E-state index in [1.165, 1.54) is 12.1 Å². The van der Waals surface area contributed by atoms with Gasteiger partial charge in [0.1, 0.15) is 5.82 Å². The van der Waals surface area contributed by atoms with E-state index in [0.717, 1.165) is 44.8 Å². The molecule has 1 aromatic rings. The van der Waals surface area contributed by atoms with Crippen LogP contribution in [-0.4, -0.2) is 34.5 Å². The van der Waals surface area contributed by atoms with Gasteiger partial charge < -0.3 is 14.4 Å². The summed E-state index contributed by atoms with van der Waals surface area (Å²) < 4.78 is 7.78. The van der Waals surface area contributed by atoms with Crippen LogP contribution in [-0.2, 0) is 17.7 Å². The second kappa shape index (κ2) is 4.78. The van der Waals surface area contributed by atoms with Gasteiger partial charge in [-0.3, -0.25) is 0 Å². The molecule has 94 valence electrons. The van der Waals surface area contributed by atoms with E-state index in [4.69, 9.17) is 9.72 Å². The SMILES string of the molecule is OCC1CCn2cc(C3CCCOC3)nc2C1.